The number of hydrogen-bond donors (Lipinski definition) is 1. The van der Waals surface area contributed by atoms with E-state index >= 15 is 0 Å². The van der Waals surface area contributed by atoms with Crippen LogP contribution in [0.2, 0.25) is 15.1 Å². The second-order valence-corrected chi connectivity index (χ2v) is 5.64. The van der Waals surface area contributed by atoms with E-state index in [9.17, 15) is 4.39 Å². The normalized spacial score (nSPS) is 12.4. The molecule has 0 amide bonds. The molecule has 0 aliphatic carbocycles. The lowest BCUT2D eigenvalue weighted by Crippen LogP contribution is -2.20. The van der Waals surface area contributed by atoms with Gasteiger partial charge in [-0.2, -0.15) is 0 Å². The summed E-state index contributed by atoms with van der Waals surface area (Å²) in [7, 11) is 1.80. The van der Waals surface area contributed by atoms with Crippen molar-refractivity contribution in [2.24, 2.45) is 0 Å². The molecule has 1 nitrogen and oxygen atoms in total. The summed E-state index contributed by atoms with van der Waals surface area (Å²) in [5.41, 5.74) is 1.50. The van der Waals surface area contributed by atoms with Gasteiger partial charge in [-0.05, 0) is 49.4 Å². The van der Waals surface area contributed by atoms with Gasteiger partial charge in [0.15, 0.2) is 0 Å². The number of nitrogens with one attached hydrogen (secondary N) is 1. The molecule has 0 spiro atoms. The van der Waals surface area contributed by atoms with E-state index in [1.165, 1.54) is 12.1 Å². The van der Waals surface area contributed by atoms with E-state index in [1.807, 2.05) is 0 Å². The van der Waals surface area contributed by atoms with Crippen LogP contribution in [0.1, 0.15) is 17.2 Å². The Morgan fingerprint density at radius 1 is 1.05 bits per heavy atom. The second-order valence-electron chi connectivity index (χ2n) is 4.42. The smallest absolute Gasteiger partial charge is 0.123 e. The summed E-state index contributed by atoms with van der Waals surface area (Å²) in [5, 5.41) is 4.82. The predicted octanol–water partition coefficient (Wildman–Crippen LogP) is 5.29. The number of halogens is 4. The van der Waals surface area contributed by atoms with E-state index in [0.717, 1.165) is 5.56 Å². The van der Waals surface area contributed by atoms with E-state index in [2.05, 4.69) is 5.32 Å². The fraction of sp³-hybridized carbons (Fsp3) is 0.200. The summed E-state index contributed by atoms with van der Waals surface area (Å²) in [6.07, 6.45) is 0.497. The first-order valence-electron chi connectivity index (χ1n) is 6.08. The standard InChI is InChI=1S/C15H13Cl3FN/c1-20-14(15-12(17)3-2-4-13(15)18)8-9-7-10(19)5-6-11(9)16/h2-7,14,20H,8H2,1H3. The molecule has 106 valence electrons. The maximum absolute atomic E-state index is 13.3. The van der Waals surface area contributed by atoms with Crippen LogP contribution in [0, 0.1) is 5.82 Å². The first-order chi connectivity index (χ1) is 9.52. The van der Waals surface area contributed by atoms with Gasteiger partial charge < -0.3 is 5.32 Å². The molecular weight excluding hydrogens is 320 g/mol. The van der Waals surface area contributed by atoms with Gasteiger partial charge in [-0.3, -0.25) is 0 Å². The van der Waals surface area contributed by atoms with Crippen molar-refractivity contribution in [3.05, 3.63) is 68.4 Å². The molecule has 2 aromatic carbocycles. The summed E-state index contributed by atoms with van der Waals surface area (Å²) >= 11 is 18.5. The minimum Gasteiger partial charge on any atom is -0.313 e. The topological polar surface area (TPSA) is 12.0 Å². The Bertz CT molecular complexity index is 596. The van der Waals surface area contributed by atoms with Gasteiger partial charge in [-0.15, -0.1) is 0 Å². The van der Waals surface area contributed by atoms with Crippen LogP contribution in [0.4, 0.5) is 4.39 Å². The average molecular weight is 333 g/mol. The zero-order valence-corrected chi connectivity index (χ0v) is 13.0. The first kappa shape index (κ1) is 15.6. The Labute approximate surface area is 132 Å². The molecule has 1 unspecified atom stereocenters. The van der Waals surface area contributed by atoms with Crippen LogP contribution < -0.4 is 5.32 Å². The Morgan fingerprint density at radius 2 is 1.70 bits per heavy atom. The lowest BCUT2D eigenvalue weighted by Gasteiger charge is -2.20. The second kappa shape index (κ2) is 6.77. The average Bonchev–Trinajstić information content (AvgIpc) is 2.41. The van der Waals surface area contributed by atoms with Crippen molar-refractivity contribution in [3.8, 4) is 0 Å². The van der Waals surface area contributed by atoms with E-state index in [-0.39, 0.29) is 11.9 Å². The highest BCUT2D eigenvalue weighted by Crippen LogP contribution is 2.33. The Morgan fingerprint density at radius 3 is 2.30 bits per heavy atom. The highest BCUT2D eigenvalue weighted by Gasteiger charge is 2.18. The van der Waals surface area contributed by atoms with Crippen molar-refractivity contribution in [2.45, 2.75) is 12.5 Å². The predicted molar refractivity (Wildman–Crippen MR) is 83.4 cm³/mol. The third-order valence-electron chi connectivity index (χ3n) is 3.13. The van der Waals surface area contributed by atoms with E-state index in [1.54, 1.807) is 31.3 Å². The Hall–Kier alpha value is -0.800. The third-order valence-corrected chi connectivity index (χ3v) is 4.16. The molecule has 2 rings (SSSR count). The summed E-state index contributed by atoms with van der Waals surface area (Å²) in [6, 6.07) is 9.51. The molecule has 5 heteroatoms. The summed E-state index contributed by atoms with van der Waals surface area (Å²) in [4.78, 5) is 0. The first-order valence-corrected chi connectivity index (χ1v) is 7.21. The number of hydrogen-bond acceptors (Lipinski definition) is 1. The molecule has 0 aliphatic rings. The lowest BCUT2D eigenvalue weighted by molar-refractivity contribution is 0.584. The van der Waals surface area contributed by atoms with Gasteiger partial charge in [0.05, 0.1) is 0 Å². The van der Waals surface area contributed by atoms with Gasteiger partial charge in [0.1, 0.15) is 5.82 Å². The summed E-state index contributed by atoms with van der Waals surface area (Å²) in [6.45, 7) is 0. The molecule has 0 bridgehead atoms. The Kier molecular flexibility index (Phi) is 5.28. The molecule has 0 saturated carbocycles. The van der Waals surface area contributed by atoms with E-state index in [4.69, 9.17) is 34.8 Å². The molecule has 0 fully saturated rings. The molecule has 0 heterocycles. The maximum Gasteiger partial charge on any atom is 0.123 e. The minimum atomic E-state index is -0.315. The fourth-order valence-electron chi connectivity index (χ4n) is 2.11. The van der Waals surface area contributed by atoms with Crippen molar-refractivity contribution in [1.82, 2.24) is 5.32 Å². The quantitative estimate of drug-likeness (QED) is 0.802. The molecule has 0 radical (unpaired) electrons. The number of likely N-dealkylation sites (N-methyl/N-ethyl adjacent to an activating group) is 1. The van der Waals surface area contributed by atoms with Gasteiger partial charge in [0, 0.05) is 26.7 Å². The van der Waals surface area contributed by atoms with Crippen LogP contribution in [0.25, 0.3) is 0 Å². The van der Waals surface area contributed by atoms with E-state index < -0.39 is 0 Å². The molecule has 1 N–H and O–H groups in total. The van der Waals surface area contributed by atoms with Gasteiger partial charge in [0.2, 0.25) is 0 Å². The van der Waals surface area contributed by atoms with Crippen molar-refractivity contribution in [2.75, 3.05) is 7.05 Å². The monoisotopic (exact) mass is 331 g/mol. The van der Waals surface area contributed by atoms with Crippen LogP contribution in [0.3, 0.4) is 0 Å². The lowest BCUT2D eigenvalue weighted by atomic mass is 9.98. The van der Waals surface area contributed by atoms with Gasteiger partial charge in [-0.1, -0.05) is 40.9 Å². The molecule has 0 aliphatic heterocycles. The Balaban J connectivity index is 2.36. The molecule has 20 heavy (non-hydrogen) atoms. The molecule has 0 saturated heterocycles. The fourth-order valence-corrected chi connectivity index (χ4v) is 2.97. The molecular formula is C15H13Cl3FN. The van der Waals surface area contributed by atoms with Crippen molar-refractivity contribution < 1.29 is 4.39 Å². The van der Waals surface area contributed by atoms with Crippen LogP contribution >= 0.6 is 34.8 Å². The largest absolute Gasteiger partial charge is 0.313 e. The van der Waals surface area contributed by atoms with E-state index in [0.29, 0.717) is 27.1 Å². The van der Waals surface area contributed by atoms with Crippen molar-refractivity contribution in [1.29, 1.82) is 0 Å². The van der Waals surface area contributed by atoms with Crippen LogP contribution in [0.15, 0.2) is 36.4 Å². The van der Waals surface area contributed by atoms with Crippen molar-refractivity contribution in [3.63, 3.8) is 0 Å². The van der Waals surface area contributed by atoms with Gasteiger partial charge in [0.25, 0.3) is 0 Å². The third kappa shape index (κ3) is 3.44. The summed E-state index contributed by atoms with van der Waals surface area (Å²) < 4.78 is 13.3. The SMILES string of the molecule is CNC(Cc1cc(F)ccc1Cl)c1c(Cl)cccc1Cl. The molecule has 1 atom stereocenters. The van der Waals surface area contributed by atoms with Crippen molar-refractivity contribution >= 4 is 34.8 Å². The van der Waals surface area contributed by atoms with Crippen LogP contribution in [-0.2, 0) is 6.42 Å². The maximum atomic E-state index is 13.3. The van der Waals surface area contributed by atoms with Crippen LogP contribution in [0.5, 0.6) is 0 Å². The summed E-state index contributed by atoms with van der Waals surface area (Å²) in [5.74, 6) is -0.315. The number of rotatable bonds is 4. The number of benzene rings is 2. The zero-order chi connectivity index (χ0) is 14.7. The van der Waals surface area contributed by atoms with Crippen LogP contribution in [-0.4, -0.2) is 7.05 Å². The zero-order valence-electron chi connectivity index (χ0n) is 10.8. The van der Waals surface area contributed by atoms with Gasteiger partial charge >= 0.3 is 0 Å². The molecule has 0 aromatic heterocycles. The highest BCUT2D eigenvalue weighted by atomic mass is 35.5. The molecule has 2 aromatic rings. The van der Waals surface area contributed by atoms with Gasteiger partial charge in [-0.25, -0.2) is 4.39 Å². The highest BCUT2D eigenvalue weighted by molar-refractivity contribution is 6.36. The minimum absolute atomic E-state index is 0.143.